The van der Waals surface area contributed by atoms with Crippen molar-refractivity contribution >= 4 is 45.6 Å². The Morgan fingerprint density at radius 1 is 0.652 bits per heavy atom. The van der Waals surface area contributed by atoms with Crippen LogP contribution in [0.4, 0.5) is 0 Å². The molecule has 0 aliphatic rings. The standard InChI is InChI=1S/C17H37O4P.Ca/c1-2-3-4-5-6-7-8-9-10-11-12-13-14-15-16-17-21-22(18,19)20;/h2-17H2,1H3,(H2,18,19,20);/q;+2/p-2. The second kappa shape index (κ2) is 19.7. The summed E-state index contributed by atoms with van der Waals surface area (Å²) < 4.78 is 14.4. The van der Waals surface area contributed by atoms with Crippen LogP contribution in [-0.2, 0) is 9.09 Å². The first-order chi connectivity index (χ1) is 10.6. The van der Waals surface area contributed by atoms with Crippen LogP contribution in [0.3, 0.4) is 0 Å². The van der Waals surface area contributed by atoms with E-state index in [1.165, 1.54) is 77.0 Å². The number of hydrogen-bond donors (Lipinski definition) is 0. The number of rotatable bonds is 17. The van der Waals surface area contributed by atoms with E-state index >= 15 is 0 Å². The predicted molar refractivity (Wildman–Crippen MR) is 94.2 cm³/mol. The molecule has 0 atom stereocenters. The van der Waals surface area contributed by atoms with Gasteiger partial charge in [0.1, 0.15) is 0 Å². The van der Waals surface area contributed by atoms with Gasteiger partial charge in [-0.1, -0.05) is 96.8 Å². The molecule has 0 rings (SSSR count). The Labute approximate surface area is 173 Å². The molecular weight excluding hydrogens is 339 g/mol. The summed E-state index contributed by atoms with van der Waals surface area (Å²) in [5.74, 6) is 0. The number of phosphoric acid groups is 1. The van der Waals surface area contributed by atoms with Crippen molar-refractivity contribution in [2.45, 2.75) is 103 Å². The quantitative estimate of drug-likeness (QED) is 0.216. The maximum Gasteiger partial charge on any atom is 2.00 e. The molecule has 0 aliphatic heterocycles. The van der Waals surface area contributed by atoms with Gasteiger partial charge in [-0.3, -0.25) is 0 Å². The number of unbranched alkanes of at least 4 members (excludes halogenated alkanes) is 14. The minimum Gasteiger partial charge on any atom is -0.790 e. The Morgan fingerprint density at radius 2 is 0.957 bits per heavy atom. The Bertz CT molecular complexity index is 271. The van der Waals surface area contributed by atoms with Gasteiger partial charge in [-0.05, 0) is 6.42 Å². The average Bonchev–Trinajstić information content (AvgIpc) is 2.45. The average molecular weight is 375 g/mol. The van der Waals surface area contributed by atoms with E-state index in [0.717, 1.165) is 12.8 Å². The topological polar surface area (TPSA) is 72.4 Å². The summed E-state index contributed by atoms with van der Waals surface area (Å²) in [6.45, 7) is 2.30. The third kappa shape index (κ3) is 25.7. The van der Waals surface area contributed by atoms with Gasteiger partial charge in [0, 0.05) is 0 Å². The third-order valence-electron chi connectivity index (χ3n) is 4.00. The zero-order valence-corrected chi connectivity index (χ0v) is 18.2. The smallest absolute Gasteiger partial charge is 0.790 e. The van der Waals surface area contributed by atoms with E-state index in [-0.39, 0.29) is 44.3 Å². The molecule has 0 spiro atoms. The van der Waals surface area contributed by atoms with Crippen molar-refractivity contribution in [3.63, 3.8) is 0 Å². The molecule has 0 aliphatic carbocycles. The first kappa shape index (κ1) is 26.6. The summed E-state index contributed by atoms with van der Waals surface area (Å²) in [4.78, 5) is 20.5. The van der Waals surface area contributed by atoms with Gasteiger partial charge in [0.2, 0.25) is 0 Å². The summed E-state index contributed by atoms with van der Waals surface area (Å²) in [5.41, 5.74) is 0. The Kier molecular flexibility index (Phi) is 22.8. The minimum absolute atomic E-state index is 0. The van der Waals surface area contributed by atoms with Crippen molar-refractivity contribution in [3.8, 4) is 0 Å². The molecule has 23 heavy (non-hydrogen) atoms. The van der Waals surface area contributed by atoms with Crippen LogP contribution in [0, 0.1) is 0 Å². The zero-order chi connectivity index (χ0) is 16.5. The van der Waals surface area contributed by atoms with Gasteiger partial charge in [0.15, 0.2) is 0 Å². The van der Waals surface area contributed by atoms with E-state index in [4.69, 9.17) is 0 Å². The molecule has 0 saturated heterocycles. The van der Waals surface area contributed by atoms with Crippen molar-refractivity contribution in [2.24, 2.45) is 0 Å². The van der Waals surface area contributed by atoms with Gasteiger partial charge in [-0.2, -0.15) is 0 Å². The summed E-state index contributed by atoms with van der Waals surface area (Å²) >= 11 is 0. The molecule has 0 saturated carbocycles. The Morgan fingerprint density at radius 3 is 1.26 bits per heavy atom. The molecule has 0 bridgehead atoms. The van der Waals surface area contributed by atoms with Crippen molar-refractivity contribution in [1.82, 2.24) is 0 Å². The molecule has 0 unspecified atom stereocenters. The maximum absolute atomic E-state index is 10.2. The normalized spacial score (nSPS) is 11.4. The molecule has 0 aromatic rings. The molecule has 0 heterocycles. The largest absolute Gasteiger partial charge is 2.00 e. The van der Waals surface area contributed by atoms with E-state index in [0.29, 0.717) is 6.42 Å². The van der Waals surface area contributed by atoms with Crippen LogP contribution < -0.4 is 9.79 Å². The first-order valence-electron chi connectivity index (χ1n) is 9.23. The van der Waals surface area contributed by atoms with Crippen molar-refractivity contribution in [1.29, 1.82) is 0 Å². The molecule has 0 fully saturated rings. The molecule has 134 valence electrons. The molecular formula is C17H35CaO4P. The van der Waals surface area contributed by atoms with Gasteiger partial charge < -0.3 is 18.9 Å². The van der Waals surface area contributed by atoms with Crippen LogP contribution >= 0.6 is 7.82 Å². The fraction of sp³-hybridized carbons (Fsp3) is 1.00. The second-order valence-corrected chi connectivity index (χ2v) is 7.38. The molecule has 0 amide bonds. The SMILES string of the molecule is CCCCCCCCCCCCCCCCCOP(=O)([O-])[O-].[Ca+2]. The zero-order valence-electron chi connectivity index (χ0n) is 15.1. The van der Waals surface area contributed by atoms with Crippen LogP contribution in [-0.4, -0.2) is 44.3 Å². The van der Waals surface area contributed by atoms with Crippen molar-refractivity contribution in [2.75, 3.05) is 6.61 Å². The second-order valence-electron chi connectivity index (χ2n) is 6.23. The fourth-order valence-corrected chi connectivity index (χ4v) is 3.00. The van der Waals surface area contributed by atoms with Crippen LogP contribution in [0.2, 0.25) is 0 Å². The van der Waals surface area contributed by atoms with Gasteiger partial charge in [-0.25, -0.2) is 0 Å². The minimum atomic E-state index is -4.75. The monoisotopic (exact) mass is 374 g/mol. The van der Waals surface area contributed by atoms with Gasteiger partial charge in [-0.15, -0.1) is 0 Å². The molecule has 0 aromatic heterocycles. The summed E-state index contributed by atoms with van der Waals surface area (Å²) in [5, 5.41) is 0. The van der Waals surface area contributed by atoms with Gasteiger partial charge in [0.25, 0.3) is 0 Å². The molecule has 0 aromatic carbocycles. The maximum atomic E-state index is 10.2. The molecule has 4 nitrogen and oxygen atoms in total. The predicted octanol–water partition coefficient (Wildman–Crippen LogP) is 4.32. The van der Waals surface area contributed by atoms with Crippen LogP contribution in [0.1, 0.15) is 103 Å². The Hall–Kier alpha value is 1.37. The van der Waals surface area contributed by atoms with E-state index < -0.39 is 7.82 Å². The van der Waals surface area contributed by atoms with E-state index in [2.05, 4.69) is 11.4 Å². The molecule has 0 radical (unpaired) electrons. The summed E-state index contributed by atoms with van der Waals surface area (Å²) in [6.07, 6.45) is 18.9. The van der Waals surface area contributed by atoms with Crippen LogP contribution in [0.25, 0.3) is 0 Å². The first-order valence-corrected chi connectivity index (χ1v) is 10.7. The van der Waals surface area contributed by atoms with Crippen molar-refractivity contribution in [3.05, 3.63) is 0 Å². The van der Waals surface area contributed by atoms with E-state index in [1.54, 1.807) is 0 Å². The summed E-state index contributed by atoms with van der Waals surface area (Å²) in [7, 11) is -4.75. The van der Waals surface area contributed by atoms with Gasteiger partial charge >= 0.3 is 37.7 Å². The van der Waals surface area contributed by atoms with Gasteiger partial charge in [0.05, 0.1) is 14.4 Å². The molecule has 6 heteroatoms. The van der Waals surface area contributed by atoms with Crippen molar-refractivity contribution < 1.29 is 18.9 Å². The van der Waals surface area contributed by atoms with E-state index in [1.807, 2.05) is 0 Å². The third-order valence-corrected chi connectivity index (χ3v) is 4.50. The van der Waals surface area contributed by atoms with E-state index in [9.17, 15) is 14.4 Å². The number of hydrogen-bond acceptors (Lipinski definition) is 4. The van der Waals surface area contributed by atoms with Crippen LogP contribution in [0.15, 0.2) is 0 Å². The molecule has 0 N–H and O–H groups in total. The fourth-order valence-electron chi connectivity index (χ4n) is 2.65. The number of phosphoric ester groups is 1. The summed E-state index contributed by atoms with van der Waals surface area (Å²) in [6, 6.07) is 0. The Balaban J connectivity index is 0. The van der Waals surface area contributed by atoms with Crippen LogP contribution in [0.5, 0.6) is 0 Å².